The van der Waals surface area contributed by atoms with Gasteiger partial charge >= 0.3 is 29.9 Å². The molecule has 0 aromatic heterocycles. The number of rotatable bonds is 17. The standard InChI is InChI=1S/C42H55F10NO4/c1-4-38(55)20-18-31-34-27(14-8-7-12-22-53(3)21-11-6-5-10-19-39(44,45)40(46,47)41(48,49)42(50,51)52)24-28-25-29(57-36(54)33-15-9-13-23-56-33)16-17-30(28)35(34)32(43)26-37(31,38)2/h1,16-17,25,27,31-35,55H,5-15,18-24,26H2,2-3H3/t27-,31+,32+,33?,34+,35+,37+,38-/m1/s1. The number of fused-ring (bicyclic) bond motifs is 5. The second-order valence-electron chi connectivity index (χ2n) is 17.2. The molecule has 0 amide bonds. The Bertz CT molecular complexity index is 1580. The van der Waals surface area contributed by atoms with E-state index >= 15 is 4.39 Å². The molecular weight excluding hydrogens is 772 g/mol. The predicted octanol–water partition coefficient (Wildman–Crippen LogP) is 10.5. The van der Waals surface area contributed by atoms with Gasteiger partial charge in [-0.15, -0.1) is 6.42 Å². The van der Waals surface area contributed by atoms with Gasteiger partial charge in [0.1, 0.15) is 17.5 Å². The summed E-state index contributed by atoms with van der Waals surface area (Å²) in [6.07, 6.45) is 3.12. The number of benzene rings is 1. The molecule has 1 N–H and O–H groups in total. The van der Waals surface area contributed by atoms with E-state index in [0.29, 0.717) is 64.0 Å². The molecule has 1 aromatic rings. The third kappa shape index (κ3) is 9.13. The minimum absolute atomic E-state index is 0.0179. The zero-order valence-electron chi connectivity index (χ0n) is 32.6. The topological polar surface area (TPSA) is 59.0 Å². The highest BCUT2D eigenvalue weighted by Crippen LogP contribution is 2.66. The summed E-state index contributed by atoms with van der Waals surface area (Å²) in [6, 6.07) is 5.47. The van der Waals surface area contributed by atoms with Gasteiger partial charge in [0.25, 0.3) is 0 Å². The van der Waals surface area contributed by atoms with Gasteiger partial charge in [-0.25, -0.2) is 9.18 Å². The number of alkyl halides is 10. The Balaban J connectivity index is 1.13. The average molecular weight is 828 g/mol. The number of halogens is 10. The molecule has 0 radical (unpaired) electrons. The Hall–Kier alpha value is -2.57. The van der Waals surface area contributed by atoms with Gasteiger partial charge in [-0.1, -0.05) is 44.6 Å². The van der Waals surface area contributed by atoms with Crippen molar-refractivity contribution in [3.05, 3.63) is 29.3 Å². The van der Waals surface area contributed by atoms with Gasteiger partial charge in [0.2, 0.25) is 0 Å². The summed E-state index contributed by atoms with van der Waals surface area (Å²) in [5, 5.41) is 11.5. The monoisotopic (exact) mass is 827 g/mol. The molecule has 2 saturated carbocycles. The lowest BCUT2D eigenvalue weighted by Gasteiger charge is -2.55. The van der Waals surface area contributed by atoms with Crippen molar-refractivity contribution in [1.82, 2.24) is 4.90 Å². The molecule has 3 fully saturated rings. The fourth-order valence-corrected chi connectivity index (χ4v) is 10.2. The first-order chi connectivity index (χ1) is 26.6. The number of terminal acetylenes is 1. The number of ether oxygens (including phenoxy) is 2. The number of carbonyl (C=O) groups excluding carboxylic acids is 1. The molecule has 1 saturated heterocycles. The SMILES string of the molecule is C#C[C@@]1(O)CC[C@H]2[C@@H]3[C@H](CCCCCN(C)CCCCCCC(F)(F)C(F)(F)C(F)(F)C(F)(F)F)Cc4cc(OC(=O)C5CCCCO5)ccc4[C@H]3[C@@H](F)C[C@@]21C. The maximum Gasteiger partial charge on any atom is 0.460 e. The van der Waals surface area contributed by atoms with Gasteiger partial charge in [0, 0.05) is 24.4 Å². The Labute approximate surface area is 328 Å². The van der Waals surface area contributed by atoms with Crippen LogP contribution in [0.1, 0.15) is 120 Å². The summed E-state index contributed by atoms with van der Waals surface area (Å²) in [7, 11) is 1.86. The number of carbonyl (C=O) groups is 1. The smallest absolute Gasteiger partial charge is 0.425 e. The molecule has 5 rings (SSSR count). The van der Waals surface area contributed by atoms with E-state index in [9.17, 15) is 49.4 Å². The average Bonchev–Trinajstić information content (AvgIpc) is 3.41. The zero-order valence-corrected chi connectivity index (χ0v) is 32.6. The fourth-order valence-electron chi connectivity index (χ4n) is 10.2. The number of unbranched alkanes of at least 4 members (excludes halogenated alkanes) is 5. The minimum Gasteiger partial charge on any atom is -0.425 e. The molecule has 5 nitrogen and oxygen atoms in total. The molecule has 8 atom stereocenters. The number of hydrogen-bond donors (Lipinski definition) is 1. The highest BCUT2D eigenvalue weighted by molar-refractivity contribution is 5.77. The van der Waals surface area contributed by atoms with Crippen LogP contribution < -0.4 is 4.74 Å². The number of aliphatic hydroxyl groups is 1. The maximum absolute atomic E-state index is 16.6. The fraction of sp³-hybridized carbons (Fsp3) is 0.786. The summed E-state index contributed by atoms with van der Waals surface area (Å²) in [5.74, 6) is -16.7. The van der Waals surface area contributed by atoms with Crippen LogP contribution in [0, 0.1) is 35.5 Å². The molecule has 3 aliphatic carbocycles. The molecule has 0 bridgehead atoms. The molecule has 15 heteroatoms. The third-order valence-electron chi connectivity index (χ3n) is 13.5. The van der Waals surface area contributed by atoms with E-state index in [1.54, 1.807) is 6.07 Å². The first kappa shape index (κ1) is 45.5. The maximum atomic E-state index is 16.6. The Morgan fingerprint density at radius 3 is 2.26 bits per heavy atom. The van der Waals surface area contributed by atoms with Crippen molar-refractivity contribution in [1.29, 1.82) is 0 Å². The lowest BCUT2D eigenvalue weighted by molar-refractivity contribution is -0.396. The summed E-state index contributed by atoms with van der Waals surface area (Å²) in [4.78, 5) is 14.9. The summed E-state index contributed by atoms with van der Waals surface area (Å²) in [6.45, 7) is 3.67. The van der Waals surface area contributed by atoms with Crippen LogP contribution in [0.5, 0.6) is 5.75 Å². The molecule has 322 valence electrons. The Morgan fingerprint density at radius 1 is 0.965 bits per heavy atom. The van der Waals surface area contributed by atoms with E-state index in [1.807, 2.05) is 31.0 Å². The lowest BCUT2D eigenvalue weighted by Crippen LogP contribution is -2.60. The molecule has 4 aliphatic rings. The largest absolute Gasteiger partial charge is 0.460 e. The van der Waals surface area contributed by atoms with Crippen LogP contribution in [-0.2, 0) is 16.0 Å². The second-order valence-corrected chi connectivity index (χ2v) is 17.2. The normalized spacial score (nSPS) is 30.7. The molecule has 1 aromatic carbocycles. The van der Waals surface area contributed by atoms with E-state index in [0.717, 1.165) is 49.7 Å². The zero-order chi connectivity index (χ0) is 42.0. The van der Waals surface area contributed by atoms with Gasteiger partial charge in [0.05, 0.1) is 0 Å². The van der Waals surface area contributed by atoms with Crippen molar-refractivity contribution < 1.29 is 63.3 Å². The van der Waals surface area contributed by atoms with Crippen molar-refractivity contribution in [2.45, 2.75) is 157 Å². The molecular formula is C42H55F10NO4. The van der Waals surface area contributed by atoms with Crippen LogP contribution >= 0.6 is 0 Å². The number of esters is 1. The van der Waals surface area contributed by atoms with Crippen LogP contribution in [0.3, 0.4) is 0 Å². The summed E-state index contributed by atoms with van der Waals surface area (Å²) >= 11 is 0. The molecule has 1 aliphatic heterocycles. The predicted molar refractivity (Wildman–Crippen MR) is 193 cm³/mol. The van der Waals surface area contributed by atoms with Crippen molar-refractivity contribution in [3.8, 4) is 18.1 Å². The summed E-state index contributed by atoms with van der Waals surface area (Å²) in [5.41, 5.74) is -0.310. The third-order valence-corrected chi connectivity index (χ3v) is 13.5. The van der Waals surface area contributed by atoms with E-state index in [1.165, 1.54) is 0 Å². The van der Waals surface area contributed by atoms with Crippen LogP contribution in [0.4, 0.5) is 43.9 Å². The first-order valence-corrected chi connectivity index (χ1v) is 20.3. The molecule has 1 heterocycles. The second kappa shape index (κ2) is 17.6. The first-order valence-electron chi connectivity index (χ1n) is 20.3. The number of hydrogen-bond acceptors (Lipinski definition) is 5. The highest BCUT2D eigenvalue weighted by Gasteiger charge is 2.81. The quantitative estimate of drug-likeness (QED) is 0.0557. The van der Waals surface area contributed by atoms with Gasteiger partial charge in [-0.05, 0) is 132 Å². The van der Waals surface area contributed by atoms with Crippen molar-refractivity contribution in [2.24, 2.45) is 23.2 Å². The van der Waals surface area contributed by atoms with E-state index in [-0.39, 0.29) is 30.6 Å². The Morgan fingerprint density at radius 2 is 1.63 bits per heavy atom. The van der Waals surface area contributed by atoms with Crippen LogP contribution in [0.15, 0.2) is 18.2 Å². The summed E-state index contributed by atoms with van der Waals surface area (Å²) < 4.78 is 146. The van der Waals surface area contributed by atoms with Gasteiger partial charge in [0.15, 0.2) is 6.10 Å². The Kier molecular flexibility index (Phi) is 14.0. The molecule has 0 spiro atoms. The van der Waals surface area contributed by atoms with Crippen LogP contribution in [0.2, 0.25) is 0 Å². The van der Waals surface area contributed by atoms with Gasteiger partial charge in [-0.2, -0.15) is 39.5 Å². The van der Waals surface area contributed by atoms with Crippen LogP contribution in [0.25, 0.3) is 0 Å². The van der Waals surface area contributed by atoms with Gasteiger partial charge < -0.3 is 19.5 Å². The van der Waals surface area contributed by atoms with E-state index in [2.05, 4.69) is 5.92 Å². The van der Waals surface area contributed by atoms with E-state index < -0.39 is 72.0 Å². The van der Waals surface area contributed by atoms with E-state index in [4.69, 9.17) is 15.9 Å². The highest BCUT2D eigenvalue weighted by atomic mass is 19.4. The minimum atomic E-state index is -6.86. The van der Waals surface area contributed by atoms with Crippen molar-refractivity contribution in [3.63, 3.8) is 0 Å². The molecule has 1 unspecified atom stereocenters. The van der Waals surface area contributed by atoms with Gasteiger partial charge in [-0.3, -0.25) is 0 Å². The van der Waals surface area contributed by atoms with Crippen molar-refractivity contribution in [2.75, 3.05) is 26.7 Å². The van der Waals surface area contributed by atoms with Crippen molar-refractivity contribution >= 4 is 5.97 Å². The number of nitrogens with zero attached hydrogens (tertiary/aromatic N) is 1. The molecule has 57 heavy (non-hydrogen) atoms. The van der Waals surface area contributed by atoms with Crippen LogP contribution in [-0.4, -0.2) is 84.5 Å². The lowest BCUT2D eigenvalue weighted by atomic mass is 9.50.